The molecule has 7 nitrogen and oxygen atoms in total. The minimum absolute atomic E-state index is 0.173. The van der Waals surface area contributed by atoms with Gasteiger partial charge in [0.2, 0.25) is 5.91 Å². The molecule has 0 aliphatic heterocycles. The fourth-order valence-electron chi connectivity index (χ4n) is 3.81. The van der Waals surface area contributed by atoms with Crippen LogP contribution in [0.15, 0.2) is 114 Å². The normalized spacial score (nSPS) is 14.4. The van der Waals surface area contributed by atoms with E-state index in [-0.39, 0.29) is 5.91 Å². The van der Waals surface area contributed by atoms with Gasteiger partial charge in [0.1, 0.15) is 11.7 Å². The van der Waals surface area contributed by atoms with Crippen molar-refractivity contribution < 1.29 is 4.79 Å². The number of nitrogens with one attached hydrogen (secondary N) is 2. The van der Waals surface area contributed by atoms with Crippen LogP contribution in [0.4, 0.5) is 0 Å². The van der Waals surface area contributed by atoms with Crippen molar-refractivity contribution in [2.45, 2.75) is 25.7 Å². The number of carbonyl (C=O) groups is 1. The lowest BCUT2D eigenvalue weighted by atomic mass is 9.94. The van der Waals surface area contributed by atoms with Crippen molar-refractivity contribution in [3.8, 4) is 0 Å². The summed E-state index contributed by atoms with van der Waals surface area (Å²) in [7, 11) is 0. The maximum atomic E-state index is 13.2. The number of aromatic nitrogens is 4. The summed E-state index contributed by atoms with van der Waals surface area (Å²) in [4.78, 5) is 25.0. The van der Waals surface area contributed by atoms with E-state index in [0.717, 1.165) is 27.6 Å². The lowest BCUT2D eigenvalue weighted by Gasteiger charge is -2.17. The molecular weight excluding hydrogens is 436 g/mol. The monoisotopic (exact) mass is 462 g/mol. The van der Waals surface area contributed by atoms with Gasteiger partial charge in [-0.2, -0.15) is 10.2 Å². The molecule has 3 aromatic rings. The minimum atomic E-state index is -0.527. The number of benzene rings is 1. The van der Waals surface area contributed by atoms with Gasteiger partial charge in [0, 0.05) is 47.9 Å². The molecule has 1 aromatic carbocycles. The first-order valence-electron chi connectivity index (χ1n) is 11.3. The summed E-state index contributed by atoms with van der Waals surface area (Å²) in [5.41, 5.74) is 7.16. The number of nitrogens with zero attached hydrogens (tertiary/aromatic N) is 4. The number of fused-ring (bicyclic) bond motifs is 1. The van der Waals surface area contributed by atoms with Crippen molar-refractivity contribution >= 4 is 23.0 Å². The second kappa shape index (κ2) is 11.5. The Kier molecular flexibility index (Phi) is 7.73. The van der Waals surface area contributed by atoms with E-state index in [1.54, 1.807) is 37.9 Å². The third-order valence-corrected chi connectivity index (χ3v) is 5.50. The molecule has 2 heterocycles. The SMILES string of the molecule is C=C=C(C=N/C=C(\C)NC(=O)C(C1=CC=CC=CC1)c1ncc[nH]1)Cc1cnnc2ccccc12. The molecule has 0 spiro atoms. The molecule has 1 aliphatic rings. The summed E-state index contributed by atoms with van der Waals surface area (Å²) < 4.78 is 0. The Balaban J connectivity index is 1.45. The van der Waals surface area contributed by atoms with E-state index in [1.165, 1.54) is 0 Å². The molecular formula is C28H26N6O. The minimum Gasteiger partial charge on any atom is -0.348 e. The molecule has 174 valence electrons. The van der Waals surface area contributed by atoms with Gasteiger partial charge in [-0.15, -0.1) is 5.73 Å². The molecule has 2 aromatic heterocycles. The van der Waals surface area contributed by atoms with E-state index in [0.29, 0.717) is 24.4 Å². The lowest BCUT2D eigenvalue weighted by Crippen LogP contribution is -2.29. The first-order valence-corrected chi connectivity index (χ1v) is 11.3. The van der Waals surface area contributed by atoms with Gasteiger partial charge in [-0.25, -0.2) is 4.98 Å². The fourth-order valence-corrected chi connectivity index (χ4v) is 3.81. The molecule has 4 rings (SSSR count). The second-order valence-corrected chi connectivity index (χ2v) is 8.01. The summed E-state index contributed by atoms with van der Waals surface area (Å²) in [5, 5.41) is 12.2. The van der Waals surface area contributed by atoms with Crippen molar-refractivity contribution in [3.63, 3.8) is 0 Å². The first kappa shape index (κ1) is 23.5. The van der Waals surface area contributed by atoms with Gasteiger partial charge in [0.25, 0.3) is 0 Å². The van der Waals surface area contributed by atoms with Crippen LogP contribution in [0.1, 0.15) is 30.7 Å². The molecule has 0 bridgehead atoms. The van der Waals surface area contributed by atoms with E-state index < -0.39 is 5.92 Å². The Morgan fingerprint density at radius 3 is 3.03 bits per heavy atom. The molecule has 1 unspecified atom stereocenters. The van der Waals surface area contributed by atoms with Gasteiger partial charge in [0.15, 0.2) is 0 Å². The van der Waals surface area contributed by atoms with Crippen LogP contribution >= 0.6 is 0 Å². The fraction of sp³-hybridized carbons (Fsp3) is 0.143. The standard InChI is InChI=1S/C28H26N6O/c1-3-21(16-23-19-32-34-25-13-9-8-12-24(23)25)18-29-17-20(2)33-28(35)26(27-30-14-15-31-27)22-10-6-4-5-7-11-22/h4-10,12-15,17-19,26H,1,11,16H2,2H3,(H,30,31)(H,33,35)/b20-17+,29-18?. The third-order valence-electron chi connectivity index (χ3n) is 5.50. The van der Waals surface area contributed by atoms with Gasteiger partial charge in [-0.1, -0.05) is 55.2 Å². The first-order chi connectivity index (χ1) is 17.2. The van der Waals surface area contributed by atoms with Crippen molar-refractivity contribution in [1.82, 2.24) is 25.5 Å². The van der Waals surface area contributed by atoms with Crippen molar-refractivity contribution in [2.24, 2.45) is 4.99 Å². The van der Waals surface area contributed by atoms with Gasteiger partial charge >= 0.3 is 0 Å². The highest BCUT2D eigenvalue weighted by atomic mass is 16.1. The molecule has 0 saturated carbocycles. The van der Waals surface area contributed by atoms with Crippen LogP contribution in [0.3, 0.4) is 0 Å². The van der Waals surface area contributed by atoms with E-state index in [2.05, 4.69) is 42.8 Å². The van der Waals surface area contributed by atoms with Crippen LogP contribution in [0.2, 0.25) is 0 Å². The lowest BCUT2D eigenvalue weighted by molar-refractivity contribution is -0.121. The third kappa shape index (κ3) is 6.05. The number of amides is 1. The summed E-state index contributed by atoms with van der Waals surface area (Å²) in [6.45, 7) is 5.59. The predicted molar refractivity (Wildman–Crippen MR) is 139 cm³/mol. The van der Waals surface area contributed by atoms with Crippen LogP contribution in [0.25, 0.3) is 10.9 Å². The molecule has 0 fully saturated rings. The highest BCUT2D eigenvalue weighted by Crippen LogP contribution is 2.26. The molecule has 0 saturated heterocycles. The van der Waals surface area contributed by atoms with E-state index in [4.69, 9.17) is 0 Å². The zero-order chi connectivity index (χ0) is 24.5. The Labute approximate surface area is 204 Å². The highest BCUT2D eigenvalue weighted by Gasteiger charge is 2.26. The number of aromatic amines is 1. The van der Waals surface area contributed by atoms with Crippen LogP contribution < -0.4 is 5.32 Å². The Bertz CT molecular complexity index is 1400. The molecule has 35 heavy (non-hydrogen) atoms. The molecule has 1 amide bonds. The van der Waals surface area contributed by atoms with Gasteiger partial charge in [-0.3, -0.25) is 9.79 Å². The maximum absolute atomic E-state index is 13.2. The molecule has 1 atom stereocenters. The van der Waals surface area contributed by atoms with Crippen molar-refractivity contribution in [3.05, 3.63) is 120 Å². The summed E-state index contributed by atoms with van der Waals surface area (Å²) in [6, 6.07) is 7.85. The van der Waals surface area contributed by atoms with Crippen LogP contribution in [0, 0.1) is 0 Å². The van der Waals surface area contributed by atoms with Gasteiger partial charge in [-0.05, 0) is 30.5 Å². The van der Waals surface area contributed by atoms with Gasteiger partial charge < -0.3 is 10.3 Å². The van der Waals surface area contributed by atoms with Crippen LogP contribution in [-0.2, 0) is 11.2 Å². The number of allylic oxidation sites excluding steroid dienone is 7. The average Bonchev–Trinajstić information content (AvgIpc) is 3.26. The number of imidazole rings is 1. The summed E-state index contributed by atoms with van der Waals surface area (Å²) in [6.07, 6.45) is 19.5. The topological polar surface area (TPSA) is 95.9 Å². The predicted octanol–water partition coefficient (Wildman–Crippen LogP) is 4.88. The Morgan fingerprint density at radius 2 is 2.20 bits per heavy atom. The summed E-state index contributed by atoms with van der Waals surface area (Å²) in [5.74, 6) is -0.0997. The maximum Gasteiger partial charge on any atom is 0.239 e. The number of aliphatic imine (C=N–C) groups is 1. The largest absolute Gasteiger partial charge is 0.348 e. The molecule has 0 radical (unpaired) electrons. The summed E-state index contributed by atoms with van der Waals surface area (Å²) >= 11 is 0. The Morgan fingerprint density at radius 1 is 1.31 bits per heavy atom. The number of H-pyrrole nitrogens is 1. The average molecular weight is 463 g/mol. The smallest absolute Gasteiger partial charge is 0.239 e. The van der Waals surface area contributed by atoms with E-state index >= 15 is 0 Å². The quantitative estimate of drug-likeness (QED) is 0.368. The second-order valence-electron chi connectivity index (χ2n) is 8.01. The van der Waals surface area contributed by atoms with Crippen LogP contribution in [0.5, 0.6) is 0 Å². The van der Waals surface area contributed by atoms with Crippen molar-refractivity contribution in [1.29, 1.82) is 0 Å². The Hall–Kier alpha value is -4.61. The molecule has 7 heteroatoms. The number of carbonyl (C=O) groups excluding carboxylic acids is 1. The number of rotatable bonds is 8. The van der Waals surface area contributed by atoms with Gasteiger partial charge in [0.05, 0.1) is 11.7 Å². The zero-order valence-corrected chi connectivity index (χ0v) is 19.5. The number of hydrogen-bond donors (Lipinski definition) is 2. The highest BCUT2D eigenvalue weighted by molar-refractivity contribution is 5.88. The van der Waals surface area contributed by atoms with Crippen LogP contribution in [-0.4, -0.2) is 32.3 Å². The van der Waals surface area contributed by atoms with Crippen molar-refractivity contribution in [2.75, 3.05) is 0 Å². The van der Waals surface area contributed by atoms with E-state index in [1.807, 2.05) is 54.6 Å². The molecule has 1 aliphatic carbocycles. The zero-order valence-electron chi connectivity index (χ0n) is 19.5. The van der Waals surface area contributed by atoms with E-state index in [9.17, 15) is 4.79 Å². The number of hydrogen-bond acceptors (Lipinski definition) is 5. The molecule has 2 N–H and O–H groups in total.